The average Bonchev–Trinajstić information content (AvgIpc) is 2.61. The Labute approximate surface area is 105 Å². The van der Waals surface area contributed by atoms with Crippen molar-refractivity contribution in [2.45, 2.75) is 65.4 Å². The van der Waals surface area contributed by atoms with Crippen LogP contribution in [0.3, 0.4) is 0 Å². The largest absolute Gasteiger partial charge is 0.460 e. The van der Waals surface area contributed by atoms with Crippen LogP contribution >= 0.6 is 0 Å². The summed E-state index contributed by atoms with van der Waals surface area (Å²) in [6.07, 6.45) is 5.18. The molecule has 0 spiro atoms. The Hall–Kier alpha value is -0.570. The van der Waals surface area contributed by atoms with Gasteiger partial charge in [0.1, 0.15) is 5.60 Å². The molecule has 1 rings (SSSR count). The van der Waals surface area contributed by atoms with E-state index in [1.165, 1.54) is 0 Å². The van der Waals surface area contributed by atoms with Gasteiger partial charge in [-0.3, -0.25) is 4.79 Å². The first-order valence-corrected chi connectivity index (χ1v) is 6.75. The maximum Gasteiger partial charge on any atom is 0.309 e. The summed E-state index contributed by atoms with van der Waals surface area (Å²) in [5.74, 6) is 0.0215. The smallest absolute Gasteiger partial charge is 0.309 e. The zero-order valence-corrected chi connectivity index (χ0v) is 11.7. The van der Waals surface area contributed by atoms with Crippen LogP contribution in [0.2, 0.25) is 0 Å². The Morgan fingerprint density at radius 3 is 2.59 bits per heavy atom. The first-order chi connectivity index (χ1) is 7.82. The van der Waals surface area contributed by atoms with Crippen LogP contribution in [0.25, 0.3) is 0 Å². The van der Waals surface area contributed by atoms with Crippen molar-refractivity contribution in [2.75, 3.05) is 6.54 Å². The summed E-state index contributed by atoms with van der Waals surface area (Å²) in [6.45, 7) is 8.63. The minimum absolute atomic E-state index is 0.0380. The molecule has 1 saturated carbocycles. The van der Waals surface area contributed by atoms with Crippen LogP contribution in [-0.4, -0.2) is 18.1 Å². The Morgan fingerprint density at radius 2 is 2.12 bits per heavy atom. The normalized spacial score (nSPS) is 29.4. The molecule has 0 aromatic rings. The SMILES string of the molecule is CCCC1(CN)CC[C@H](C(=O)OC(C)(C)C)C1. The second-order valence-electron chi connectivity index (χ2n) is 6.43. The molecule has 1 fully saturated rings. The van der Waals surface area contributed by atoms with Crippen molar-refractivity contribution in [3.05, 3.63) is 0 Å². The zero-order valence-electron chi connectivity index (χ0n) is 11.7. The number of nitrogens with two attached hydrogens (primary N) is 1. The van der Waals surface area contributed by atoms with Gasteiger partial charge in [-0.15, -0.1) is 0 Å². The van der Waals surface area contributed by atoms with Crippen molar-refractivity contribution in [1.29, 1.82) is 0 Å². The summed E-state index contributed by atoms with van der Waals surface area (Å²) >= 11 is 0. The molecule has 100 valence electrons. The third-order valence-electron chi connectivity index (χ3n) is 3.66. The monoisotopic (exact) mass is 241 g/mol. The van der Waals surface area contributed by atoms with Gasteiger partial charge in [-0.05, 0) is 58.4 Å². The molecule has 1 unspecified atom stereocenters. The van der Waals surface area contributed by atoms with Gasteiger partial charge in [0, 0.05) is 0 Å². The average molecular weight is 241 g/mol. The maximum absolute atomic E-state index is 12.0. The third-order valence-corrected chi connectivity index (χ3v) is 3.66. The fourth-order valence-electron chi connectivity index (χ4n) is 2.84. The summed E-state index contributed by atoms with van der Waals surface area (Å²) in [5.41, 5.74) is 5.70. The van der Waals surface area contributed by atoms with E-state index in [1.54, 1.807) is 0 Å². The van der Waals surface area contributed by atoms with E-state index in [1.807, 2.05) is 20.8 Å². The van der Waals surface area contributed by atoms with E-state index in [4.69, 9.17) is 10.5 Å². The van der Waals surface area contributed by atoms with Gasteiger partial charge in [0.05, 0.1) is 5.92 Å². The molecule has 2 N–H and O–H groups in total. The van der Waals surface area contributed by atoms with Gasteiger partial charge >= 0.3 is 5.97 Å². The van der Waals surface area contributed by atoms with Crippen LogP contribution in [0.15, 0.2) is 0 Å². The number of rotatable bonds is 4. The number of carbonyl (C=O) groups excluding carboxylic acids is 1. The van der Waals surface area contributed by atoms with Crippen molar-refractivity contribution in [3.63, 3.8) is 0 Å². The molecule has 3 nitrogen and oxygen atoms in total. The highest BCUT2D eigenvalue weighted by molar-refractivity contribution is 5.73. The second kappa shape index (κ2) is 5.38. The molecule has 0 aromatic carbocycles. The Morgan fingerprint density at radius 1 is 1.47 bits per heavy atom. The van der Waals surface area contributed by atoms with E-state index in [9.17, 15) is 4.79 Å². The molecule has 2 atom stereocenters. The van der Waals surface area contributed by atoms with E-state index < -0.39 is 0 Å². The van der Waals surface area contributed by atoms with Crippen LogP contribution < -0.4 is 5.73 Å². The topological polar surface area (TPSA) is 52.3 Å². The molecule has 0 radical (unpaired) electrons. The summed E-state index contributed by atoms with van der Waals surface area (Å²) in [5, 5.41) is 0. The Balaban J connectivity index is 2.57. The molecule has 17 heavy (non-hydrogen) atoms. The standard InChI is InChI=1S/C14H27NO2/c1-5-7-14(10-15)8-6-11(9-14)12(16)17-13(2,3)4/h11H,5-10,15H2,1-4H3/t11-,14?/m0/s1. The van der Waals surface area contributed by atoms with E-state index in [-0.39, 0.29) is 22.9 Å². The van der Waals surface area contributed by atoms with Crippen molar-refractivity contribution in [1.82, 2.24) is 0 Å². The molecule has 0 heterocycles. The van der Waals surface area contributed by atoms with Crippen molar-refractivity contribution in [2.24, 2.45) is 17.1 Å². The summed E-state index contributed by atoms with van der Waals surface area (Å²) in [7, 11) is 0. The zero-order chi connectivity index (χ0) is 13.1. The second-order valence-corrected chi connectivity index (χ2v) is 6.43. The maximum atomic E-state index is 12.0. The minimum atomic E-state index is -0.379. The lowest BCUT2D eigenvalue weighted by molar-refractivity contribution is -0.160. The molecular formula is C14H27NO2. The lowest BCUT2D eigenvalue weighted by Gasteiger charge is -2.27. The van der Waals surface area contributed by atoms with Gasteiger partial charge in [-0.25, -0.2) is 0 Å². The molecule has 3 heteroatoms. The van der Waals surface area contributed by atoms with Crippen molar-refractivity contribution in [3.8, 4) is 0 Å². The highest BCUT2D eigenvalue weighted by Crippen LogP contribution is 2.45. The van der Waals surface area contributed by atoms with Gasteiger partial charge in [0.2, 0.25) is 0 Å². The fraction of sp³-hybridized carbons (Fsp3) is 0.929. The summed E-state index contributed by atoms with van der Waals surface area (Å²) < 4.78 is 5.46. The minimum Gasteiger partial charge on any atom is -0.460 e. The molecule has 0 saturated heterocycles. The number of hydrogen-bond acceptors (Lipinski definition) is 3. The summed E-state index contributed by atoms with van der Waals surface area (Å²) in [6, 6.07) is 0. The number of carbonyl (C=O) groups is 1. The fourth-order valence-corrected chi connectivity index (χ4v) is 2.84. The Bertz CT molecular complexity index is 270. The molecular weight excluding hydrogens is 214 g/mol. The Kier molecular flexibility index (Phi) is 4.59. The van der Waals surface area contributed by atoms with Crippen LogP contribution in [0, 0.1) is 11.3 Å². The quantitative estimate of drug-likeness (QED) is 0.770. The van der Waals surface area contributed by atoms with E-state index in [2.05, 4.69) is 6.92 Å². The van der Waals surface area contributed by atoms with Gasteiger partial charge in [-0.1, -0.05) is 13.3 Å². The van der Waals surface area contributed by atoms with Crippen molar-refractivity contribution < 1.29 is 9.53 Å². The summed E-state index contributed by atoms with van der Waals surface area (Å²) in [4.78, 5) is 12.0. The van der Waals surface area contributed by atoms with Gasteiger partial charge in [0.15, 0.2) is 0 Å². The highest BCUT2D eigenvalue weighted by atomic mass is 16.6. The number of hydrogen-bond donors (Lipinski definition) is 1. The van der Waals surface area contributed by atoms with E-state index >= 15 is 0 Å². The molecule has 0 bridgehead atoms. The van der Waals surface area contributed by atoms with Gasteiger partial charge in [-0.2, -0.15) is 0 Å². The van der Waals surface area contributed by atoms with Gasteiger partial charge < -0.3 is 10.5 Å². The first kappa shape index (κ1) is 14.5. The lowest BCUT2D eigenvalue weighted by atomic mass is 9.81. The van der Waals surface area contributed by atoms with Crippen LogP contribution in [0.1, 0.15) is 59.8 Å². The van der Waals surface area contributed by atoms with E-state index in [0.717, 1.165) is 32.1 Å². The molecule has 0 amide bonds. The highest BCUT2D eigenvalue weighted by Gasteiger charge is 2.41. The number of ether oxygens (including phenoxy) is 1. The van der Waals surface area contributed by atoms with Crippen LogP contribution in [0.4, 0.5) is 0 Å². The number of esters is 1. The van der Waals surface area contributed by atoms with E-state index in [0.29, 0.717) is 6.54 Å². The molecule has 0 aliphatic heterocycles. The predicted octanol–water partition coefficient (Wildman–Crippen LogP) is 2.87. The third kappa shape index (κ3) is 3.98. The molecule has 1 aliphatic rings. The van der Waals surface area contributed by atoms with Crippen LogP contribution in [0.5, 0.6) is 0 Å². The van der Waals surface area contributed by atoms with Crippen LogP contribution in [-0.2, 0) is 9.53 Å². The molecule has 0 aromatic heterocycles. The predicted molar refractivity (Wildman–Crippen MR) is 69.6 cm³/mol. The lowest BCUT2D eigenvalue weighted by Crippen LogP contribution is -2.31. The first-order valence-electron chi connectivity index (χ1n) is 6.75. The molecule has 1 aliphatic carbocycles. The van der Waals surface area contributed by atoms with Crippen molar-refractivity contribution >= 4 is 5.97 Å². The van der Waals surface area contributed by atoms with Gasteiger partial charge in [0.25, 0.3) is 0 Å².